The lowest BCUT2D eigenvalue weighted by Crippen LogP contribution is -2.43. The SMILES string of the molecule is CC1=CC=C(C(=O)Nc2cccnc2C(=O)Nc2ccc(Cl)cn2)C(OC2CCC(NC(=O)OC(C)(C)C)CC2)C1=S=O. The molecule has 1 saturated carbocycles. The summed E-state index contributed by atoms with van der Waals surface area (Å²) in [7, 11) is 0. The maximum absolute atomic E-state index is 13.6. The van der Waals surface area contributed by atoms with Gasteiger partial charge in [0.25, 0.3) is 11.8 Å². The molecule has 2 aliphatic carbocycles. The Labute approximate surface area is 258 Å². The molecule has 3 amide bonds. The first kappa shape index (κ1) is 32.1. The van der Waals surface area contributed by atoms with Crippen molar-refractivity contribution in [3.05, 3.63) is 70.7 Å². The van der Waals surface area contributed by atoms with E-state index in [0.29, 0.717) is 41.1 Å². The zero-order chi connectivity index (χ0) is 31.1. The Hall–Kier alpha value is -3.87. The van der Waals surface area contributed by atoms with Gasteiger partial charge in [0.2, 0.25) is 0 Å². The van der Waals surface area contributed by atoms with Crippen LogP contribution in [0.5, 0.6) is 0 Å². The first-order valence-electron chi connectivity index (χ1n) is 13.8. The molecule has 2 aromatic heterocycles. The van der Waals surface area contributed by atoms with E-state index in [1.807, 2.05) is 20.8 Å². The highest BCUT2D eigenvalue weighted by Gasteiger charge is 2.34. The number of pyridine rings is 2. The molecule has 0 bridgehead atoms. The van der Waals surface area contributed by atoms with E-state index in [0.717, 1.165) is 0 Å². The highest BCUT2D eigenvalue weighted by Crippen LogP contribution is 2.28. The maximum atomic E-state index is 13.6. The molecule has 0 spiro atoms. The molecule has 43 heavy (non-hydrogen) atoms. The predicted octanol–water partition coefficient (Wildman–Crippen LogP) is 4.81. The minimum Gasteiger partial charge on any atom is -0.444 e. The number of nitrogens with zero attached hydrogens (tertiary/aromatic N) is 2. The second-order valence-corrected chi connectivity index (χ2v) is 12.3. The topological polar surface area (TPSA) is 149 Å². The van der Waals surface area contributed by atoms with Gasteiger partial charge in [0.1, 0.15) is 17.5 Å². The molecule has 2 aliphatic rings. The van der Waals surface area contributed by atoms with Crippen molar-refractivity contribution in [2.24, 2.45) is 0 Å². The van der Waals surface area contributed by atoms with Crippen LogP contribution in [0.25, 0.3) is 0 Å². The molecule has 13 heteroatoms. The quantitative estimate of drug-likeness (QED) is 0.370. The monoisotopic (exact) mass is 627 g/mol. The summed E-state index contributed by atoms with van der Waals surface area (Å²) in [6, 6.07) is 6.22. The number of alkyl carbamates (subject to hydrolysis) is 1. The van der Waals surface area contributed by atoms with Gasteiger partial charge in [0.15, 0.2) is 5.69 Å². The summed E-state index contributed by atoms with van der Waals surface area (Å²) in [5.74, 6) is -0.845. The van der Waals surface area contributed by atoms with Crippen LogP contribution in [0.3, 0.4) is 0 Å². The lowest BCUT2D eigenvalue weighted by atomic mass is 9.91. The Bertz CT molecular complexity index is 1490. The van der Waals surface area contributed by atoms with Crippen LogP contribution < -0.4 is 16.0 Å². The number of carbonyl (C=O) groups is 3. The van der Waals surface area contributed by atoms with Crippen LogP contribution in [-0.2, 0) is 25.5 Å². The van der Waals surface area contributed by atoms with Crippen molar-refractivity contribution in [1.82, 2.24) is 15.3 Å². The van der Waals surface area contributed by atoms with Gasteiger partial charge in [0, 0.05) is 18.4 Å². The normalized spacial score (nSPS) is 20.3. The van der Waals surface area contributed by atoms with E-state index in [1.54, 1.807) is 43.3 Å². The van der Waals surface area contributed by atoms with Crippen molar-refractivity contribution in [3.8, 4) is 0 Å². The van der Waals surface area contributed by atoms with E-state index in [2.05, 4.69) is 25.9 Å². The third-order valence-corrected chi connectivity index (χ3v) is 7.68. The molecule has 0 aliphatic heterocycles. The van der Waals surface area contributed by atoms with E-state index in [9.17, 15) is 18.6 Å². The van der Waals surface area contributed by atoms with Crippen LogP contribution >= 0.6 is 11.6 Å². The standard InChI is InChI=1S/C30H34ClN5O6S/c1-17-7-13-21(25(26(17)43-40)41-20-11-9-19(10-12-20)34-29(39)42-30(2,3)4)27(37)35-22-6-5-15-32-24(22)28(38)36-23-14-8-18(31)16-33-23/h5-8,13-16,19-20,25H,9-12H2,1-4H3,(H,34,39)(H,35,37)(H,33,36,38). The van der Waals surface area contributed by atoms with Crippen molar-refractivity contribution in [2.75, 3.05) is 10.6 Å². The van der Waals surface area contributed by atoms with Crippen LogP contribution in [0.1, 0.15) is 63.9 Å². The maximum Gasteiger partial charge on any atom is 0.407 e. The van der Waals surface area contributed by atoms with Gasteiger partial charge in [-0.15, -0.1) is 0 Å². The van der Waals surface area contributed by atoms with Crippen molar-refractivity contribution in [1.29, 1.82) is 0 Å². The van der Waals surface area contributed by atoms with E-state index in [4.69, 9.17) is 21.1 Å². The molecule has 3 N–H and O–H groups in total. The van der Waals surface area contributed by atoms with Gasteiger partial charge in [-0.3, -0.25) is 9.59 Å². The summed E-state index contributed by atoms with van der Waals surface area (Å²) < 4.78 is 23.9. The third kappa shape index (κ3) is 8.82. The van der Waals surface area contributed by atoms with E-state index >= 15 is 0 Å². The number of nitrogens with one attached hydrogen (secondary N) is 3. The fraction of sp³-hybridized carbons (Fsp3) is 0.400. The minimum atomic E-state index is -0.889. The summed E-state index contributed by atoms with van der Waals surface area (Å²) in [6.45, 7) is 7.22. The van der Waals surface area contributed by atoms with Gasteiger partial charge in [-0.2, -0.15) is 0 Å². The number of aromatic nitrogens is 2. The number of carbonyl (C=O) groups excluding carboxylic acids is 3. The molecule has 228 valence electrons. The first-order chi connectivity index (χ1) is 20.4. The Morgan fingerprint density at radius 3 is 2.40 bits per heavy atom. The molecule has 2 aromatic rings. The van der Waals surface area contributed by atoms with Crippen molar-refractivity contribution in [3.63, 3.8) is 0 Å². The van der Waals surface area contributed by atoms with Gasteiger partial charge < -0.3 is 25.4 Å². The highest BCUT2D eigenvalue weighted by molar-refractivity contribution is 7.67. The number of hydrogen-bond acceptors (Lipinski definition) is 8. The minimum absolute atomic E-state index is 0.0218. The molecule has 11 nitrogen and oxygen atoms in total. The number of rotatable bonds is 7. The van der Waals surface area contributed by atoms with Gasteiger partial charge >= 0.3 is 6.09 Å². The Balaban J connectivity index is 1.44. The Morgan fingerprint density at radius 1 is 1.00 bits per heavy atom. The van der Waals surface area contributed by atoms with Gasteiger partial charge in [-0.25, -0.2) is 19.0 Å². The van der Waals surface area contributed by atoms with Gasteiger partial charge in [0.05, 0.1) is 38.5 Å². The lowest BCUT2D eigenvalue weighted by molar-refractivity contribution is -0.114. The van der Waals surface area contributed by atoms with Crippen LogP contribution in [-0.4, -0.2) is 60.8 Å². The molecular weight excluding hydrogens is 594 g/mol. The Morgan fingerprint density at radius 2 is 1.74 bits per heavy atom. The number of halogens is 1. The molecule has 2 heterocycles. The molecule has 1 fully saturated rings. The summed E-state index contributed by atoms with van der Waals surface area (Å²) in [4.78, 5) is 47.3. The van der Waals surface area contributed by atoms with Gasteiger partial charge in [-0.05, 0) is 83.2 Å². The predicted molar refractivity (Wildman–Crippen MR) is 165 cm³/mol. The van der Waals surface area contributed by atoms with Crippen molar-refractivity contribution < 1.29 is 28.1 Å². The van der Waals surface area contributed by atoms with Crippen molar-refractivity contribution >= 4 is 57.1 Å². The third-order valence-electron chi connectivity index (χ3n) is 6.74. The summed E-state index contributed by atoms with van der Waals surface area (Å²) >= 11 is 6.16. The fourth-order valence-electron chi connectivity index (χ4n) is 4.69. The van der Waals surface area contributed by atoms with Crippen LogP contribution in [0.15, 0.2) is 60.0 Å². The number of allylic oxidation sites excluding steroid dienone is 2. The molecule has 4 rings (SSSR count). The molecule has 0 radical (unpaired) electrons. The Kier molecular flexibility index (Phi) is 10.5. The largest absolute Gasteiger partial charge is 0.444 e. The molecule has 0 aromatic carbocycles. The van der Waals surface area contributed by atoms with Gasteiger partial charge in [-0.1, -0.05) is 23.8 Å². The van der Waals surface area contributed by atoms with E-state index < -0.39 is 29.6 Å². The number of hydrogen-bond donors (Lipinski definition) is 3. The zero-order valence-corrected chi connectivity index (χ0v) is 25.9. The van der Waals surface area contributed by atoms with E-state index in [1.165, 1.54) is 12.4 Å². The number of amides is 3. The molecule has 0 saturated heterocycles. The first-order valence-corrected chi connectivity index (χ1v) is 14.9. The summed E-state index contributed by atoms with van der Waals surface area (Å²) in [5, 5.41) is 8.72. The second kappa shape index (κ2) is 14.1. The fourth-order valence-corrected chi connectivity index (χ4v) is 5.27. The smallest absolute Gasteiger partial charge is 0.407 e. The van der Waals surface area contributed by atoms with Crippen molar-refractivity contribution in [2.45, 2.75) is 77.2 Å². The zero-order valence-electron chi connectivity index (χ0n) is 24.3. The number of anilines is 2. The van der Waals surface area contributed by atoms with Crippen LogP contribution in [0.2, 0.25) is 5.02 Å². The molecule has 1 atom stereocenters. The second-order valence-electron chi connectivity index (χ2n) is 11.2. The lowest BCUT2D eigenvalue weighted by Gasteiger charge is -2.33. The summed E-state index contributed by atoms with van der Waals surface area (Å²) in [5.41, 5.74) is 0.504. The number of ether oxygens (including phenoxy) is 2. The average molecular weight is 628 g/mol. The van der Waals surface area contributed by atoms with Crippen LogP contribution in [0.4, 0.5) is 16.3 Å². The molecule has 1 unspecified atom stereocenters. The average Bonchev–Trinajstić information content (AvgIpc) is 2.94. The molecular formula is C30H34ClN5O6S. The highest BCUT2D eigenvalue weighted by atomic mass is 35.5. The van der Waals surface area contributed by atoms with E-state index in [-0.39, 0.29) is 46.2 Å². The summed E-state index contributed by atoms with van der Waals surface area (Å²) in [6.07, 6.45) is 7.13. The van der Waals surface area contributed by atoms with Crippen LogP contribution in [0, 0.1) is 0 Å².